The standard InChI is InChI=1S/C66H42N2/c1-4-19-44(20-5-1)65-51-25-11-10-18-43(51)34-37-56(65)66-54-30-16-28-49(45-35-38-63-59(40-45)52-26-12-14-32-61(52)67(63)47-21-6-2-7-22-47)57(54)42-58-50(29-17-31-55(58)66)46-36-39-64-60(41-46)53-27-13-15-33-62(53)68(64)48-23-8-3-9-24-48/h1-42H. The van der Waals surface area contributed by atoms with Gasteiger partial charge in [0.1, 0.15) is 0 Å². The second-order valence-electron chi connectivity index (χ2n) is 18.0. The van der Waals surface area contributed by atoms with Gasteiger partial charge in [-0.3, -0.25) is 0 Å². The SMILES string of the molecule is c1ccc(-c2c(-c3c4cccc(-c5ccc6c(c5)c5ccccc5n6-c5ccccc5)c4cc4c(-c5ccc6c(c5)c5ccccc5n6-c5ccccc5)cccc34)ccc3ccccc23)cc1. The molecule has 14 rings (SSSR count). The molecule has 2 aromatic heterocycles. The van der Waals surface area contributed by atoms with Crippen LogP contribution in [0.3, 0.4) is 0 Å². The van der Waals surface area contributed by atoms with Crippen LogP contribution in [0.5, 0.6) is 0 Å². The van der Waals surface area contributed by atoms with Crippen LogP contribution in [-0.2, 0) is 0 Å². The average molecular weight is 863 g/mol. The second kappa shape index (κ2) is 15.3. The minimum atomic E-state index is 1.16. The van der Waals surface area contributed by atoms with E-state index in [4.69, 9.17) is 0 Å². The summed E-state index contributed by atoms with van der Waals surface area (Å²) < 4.78 is 4.79. The Morgan fingerprint density at radius 1 is 0.206 bits per heavy atom. The summed E-state index contributed by atoms with van der Waals surface area (Å²) in [5.41, 5.74) is 16.9. The molecule has 0 aliphatic rings. The molecule has 0 atom stereocenters. The van der Waals surface area contributed by atoms with Gasteiger partial charge in [-0.1, -0.05) is 188 Å². The van der Waals surface area contributed by atoms with Crippen LogP contribution in [0, 0.1) is 0 Å². The van der Waals surface area contributed by atoms with E-state index >= 15 is 0 Å². The molecular formula is C66H42N2. The van der Waals surface area contributed by atoms with Crippen LogP contribution in [0.4, 0.5) is 0 Å². The minimum absolute atomic E-state index is 1.16. The highest BCUT2D eigenvalue weighted by Crippen LogP contribution is 2.48. The average Bonchev–Trinajstić information content (AvgIpc) is 3.92. The fourth-order valence-electron chi connectivity index (χ4n) is 11.3. The lowest BCUT2D eigenvalue weighted by Gasteiger charge is -2.21. The lowest BCUT2D eigenvalue weighted by Crippen LogP contribution is -1.94. The third-order valence-corrected chi connectivity index (χ3v) is 14.3. The Bertz CT molecular complexity index is 4080. The van der Waals surface area contributed by atoms with Crippen molar-refractivity contribution in [3.8, 4) is 55.9 Å². The summed E-state index contributed by atoms with van der Waals surface area (Å²) in [6.07, 6.45) is 0. The van der Waals surface area contributed by atoms with Gasteiger partial charge in [-0.15, -0.1) is 0 Å². The van der Waals surface area contributed by atoms with E-state index in [-0.39, 0.29) is 0 Å². The summed E-state index contributed by atoms with van der Waals surface area (Å²) in [6.45, 7) is 0. The fraction of sp³-hybridized carbons (Fsp3) is 0. The molecule has 14 aromatic rings. The quantitative estimate of drug-likeness (QED) is 0.147. The largest absolute Gasteiger partial charge is 0.309 e. The summed E-state index contributed by atoms with van der Waals surface area (Å²) >= 11 is 0. The summed E-state index contributed by atoms with van der Waals surface area (Å²) in [7, 11) is 0. The van der Waals surface area contributed by atoms with E-state index in [1.165, 1.54) is 120 Å². The molecule has 316 valence electrons. The maximum Gasteiger partial charge on any atom is 0.0541 e. The van der Waals surface area contributed by atoms with Crippen molar-refractivity contribution in [1.29, 1.82) is 0 Å². The molecule has 0 aliphatic heterocycles. The Morgan fingerprint density at radius 3 is 1.19 bits per heavy atom. The number of hydrogen-bond acceptors (Lipinski definition) is 0. The van der Waals surface area contributed by atoms with Crippen molar-refractivity contribution >= 4 is 75.9 Å². The molecular weight excluding hydrogens is 821 g/mol. The number of fused-ring (bicyclic) bond motifs is 9. The Kier molecular flexibility index (Phi) is 8.62. The highest BCUT2D eigenvalue weighted by molar-refractivity contribution is 6.23. The van der Waals surface area contributed by atoms with Gasteiger partial charge in [-0.05, 0) is 144 Å². The molecule has 0 saturated heterocycles. The number of aromatic nitrogens is 2. The molecule has 68 heavy (non-hydrogen) atoms. The molecule has 2 nitrogen and oxygen atoms in total. The summed E-state index contributed by atoms with van der Waals surface area (Å²) in [5.74, 6) is 0. The molecule has 0 radical (unpaired) electrons. The van der Waals surface area contributed by atoms with Crippen molar-refractivity contribution < 1.29 is 0 Å². The molecule has 0 aliphatic carbocycles. The van der Waals surface area contributed by atoms with Crippen molar-refractivity contribution in [3.05, 3.63) is 255 Å². The third kappa shape index (κ3) is 5.84. The Morgan fingerprint density at radius 2 is 0.647 bits per heavy atom. The number of benzene rings is 12. The molecule has 2 heteroatoms. The maximum atomic E-state index is 2.48. The predicted molar refractivity (Wildman–Crippen MR) is 289 cm³/mol. The first-order valence-corrected chi connectivity index (χ1v) is 23.5. The predicted octanol–water partition coefficient (Wildman–Crippen LogP) is 18.0. The zero-order valence-electron chi connectivity index (χ0n) is 37.1. The molecule has 0 fully saturated rings. The molecule has 0 unspecified atom stereocenters. The number of rotatable bonds is 6. The van der Waals surface area contributed by atoms with E-state index in [2.05, 4.69) is 264 Å². The number of nitrogens with zero attached hydrogens (tertiary/aromatic N) is 2. The monoisotopic (exact) mass is 862 g/mol. The third-order valence-electron chi connectivity index (χ3n) is 14.3. The van der Waals surface area contributed by atoms with E-state index in [1.807, 2.05) is 0 Å². The van der Waals surface area contributed by atoms with Crippen LogP contribution < -0.4 is 0 Å². The normalized spacial score (nSPS) is 11.8. The summed E-state index contributed by atoms with van der Waals surface area (Å²) in [5, 5.41) is 12.4. The van der Waals surface area contributed by atoms with Gasteiger partial charge in [0.15, 0.2) is 0 Å². The molecule has 0 spiro atoms. The lowest BCUT2D eigenvalue weighted by atomic mass is 9.82. The van der Waals surface area contributed by atoms with Gasteiger partial charge >= 0.3 is 0 Å². The lowest BCUT2D eigenvalue weighted by molar-refractivity contribution is 1.18. The van der Waals surface area contributed by atoms with Gasteiger partial charge < -0.3 is 9.13 Å². The molecule has 2 heterocycles. The molecule has 0 bridgehead atoms. The Hall–Kier alpha value is -8.98. The first-order chi connectivity index (χ1) is 33.8. The number of hydrogen-bond donors (Lipinski definition) is 0. The van der Waals surface area contributed by atoms with Crippen LogP contribution in [0.15, 0.2) is 255 Å². The van der Waals surface area contributed by atoms with E-state index in [0.717, 1.165) is 11.4 Å². The van der Waals surface area contributed by atoms with Gasteiger partial charge in [0.2, 0.25) is 0 Å². The van der Waals surface area contributed by atoms with Gasteiger partial charge in [0.05, 0.1) is 22.1 Å². The van der Waals surface area contributed by atoms with Crippen molar-refractivity contribution in [2.45, 2.75) is 0 Å². The highest BCUT2D eigenvalue weighted by atomic mass is 15.0. The second-order valence-corrected chi connectivity index (χ2v) is 18.0. The van der Waals surface area contributed by atoms with Crippen molar-refractivity contribution in [2.75, 3.05) is 0 Å². The van der Waals surface area contributed by atoms with Crippen molar-refractivity contribution in [3.63, 3.8) is 0 Å². The van der Waals surface area contributed by atoms with Crippen LogP contribution >= 0.6 is 0 Å². The zero-order valence-corrected chi connectivity index (χ0v) is 37.1. The van der Waals surface area contributed by atoms with Crippen molar-refractivity contribution in [1.82, 2.24) is 9.13 Å². The topological polar surface area (TPSA) is 9.86 Å². The van der Waals surface area contributed by atoms with Crippen LogP contribution in [0.2, 0.25) is 0 Å². The van der Waals surface area contributed by atoms with E-state index < -0.39 is 0 Å². The fourth-order valence-corrected chi connectivity index (χ4v) is 11.3. The van der Waals surface area contributed by atoms with Gasteiger partial charge in [-0.2, -0.15) is 0 Å². The van der Waals surface area contributed by atoms with Gasteiger partial charge in [0.25, 0.3) is 0 Å². The Labute approximate surface area is 393 Å². The molecule has 0 amide bonds. The number of para-hydroxylation sites is 4. The van der Waals surface area contributed by atoms with Gasteiger partial charge in [0, 0.05) is 32.9 Å². The molecule has 0 N–H and O–H groups in total. The summed E-state index contributed by atoms with van der Waals surface area (Å²) in [4.78, 5) is 0. The first kappa shape index (κ1) is 38.3. The summed E-state index contributed by atoms with van der Waals surface area (Å²) in [6, 6.07) is 94.0. The first-order valence-electron chi connectivity index (χ1n) is 23.5. The molecule has 0 saturated carbocycles. The smallest absolute Gasteiger partial charge is 0.0541 e. The van der Waals surface area contributed by atoms with Crippen LogP contribution in [-0.4, -0.2) is 9.13 Å². The molecule has 12 aromatic carbocycles. The minimum Gasteiger partial charge on any atom is -0.309 e. The van der Waals surface area contributed by atoms with Crippen molar-refractivity contribution in [2.24, 2.45) is 0 Å². The van der Waals surface area contributed by atoms with E-state index in [0.29, 0.717) is 0 Å². The van der Waals surface area contributed by atoms with Crippen LogP contribution in [0.25, 0.3) is 132 Å². The maximum absolute atomic E-state index is 2.48. The zero-order chi connectivity index (χ0) is 44.7. The van der Waals surface area contributed by atoms with Crippen LogP contribution in [0.1, 0.15) is 0 Å². The van der Waals surface area contributed by atoms with E-state index in [9.17, 15) is 0 Å². The highest BCUT2D eigenvalue weighted by Gasteiger charge is 2.22. The Balaban J connectivity index is 1.08. The van der Waals surface area contributed by atoms with E-state index in [1.54, 1.807) is 0 Å². The van der Waals surface area contributed by atoms with Gasteiger partial charge in [-0.25, -0.2) is 0 Å².